The van der Waals surface area contributed by atoms with Crippen LogP contribution in [-0.2, 0) is 10.0 Å². The van der Waals surface area contributed by atoms with Gasteiger partial charge in [0.1, 0.15) is 0 Å². The standard InChI is InChI=1S/C12H20N2O2S/c1-4-5-8-14(3)17(15,16)11-7-6-10(2)12(13)9-11/h6-7,9H,4-5,8,13H2,1-3H3. The van der Waals surface area contributed by atoms with Gasteiger partial charge in [-0.15, -0.1) is 0 Å². The lowest BCUT2D eigenvalue weighted by molar-refractivity contribution is 0.459. The maximum Gasteiger partial charge on any atom is 0.242 e. The first-order chi connectivity index (χ1) is 7.89. The monoisotopic (exact) mass is 256 g/mol. The summed E-state index contributed by atoms with van der Waals surface area (Å²) in [4.78, 5) is 0.263. The molecule has 0 aliphatic rings. The molecule has 1 rings (SSSR count). The summed E-state index contributed by atoms with van der Waals surface area (Å²) in [5, 5.41) is 0. The highest BCUT2D eigenvalue weighted by molar-refractivity contribution is 7.89. The number of sulfonamides is 1. The third kappa shape index (κ3) is 3.20. The number of nitrogens with zero attached hydrogens (tertiary/aromatic N) is 1. The second kappa shape index (κ2) is 5.51. The number of nitrogens with two attached hydrogens (primary N) is 1. The number of rotatable bonds is 5. The molecule has 1 aromatic carbocycles. The number of hydrogen-bond donors (Lipinski definition) is 1. The Hall–Kier alpha value is -1.07. The largest absolute Gasteiger partial charge is 0.398 e. The Bertz CT molecular complexity index is 483. The summed E-state index contributed by atoms with van der Waals surface area (Å²) < 4.78 is 25.7. The summed E-state index contributed by atoms with van der Waals surface area (Å²) in [5.41, 5.74) is 7.13. The van der Waals surface area contributed by atoms with Gasteiger partial charge in [0.2, 0.25) is 10.0 Å². The third-order valence-electron chi connectivity index (χ3n) is 2.79. The van der Waals surface area contributed by atoms with Crippen LogP contribution in [0.2, 0.25) is 0 Å². The molecule has 5 heteroatoms. The summed E-state index contributed by atoms with van der Waals surface area (Å²) >= 11 is 0. The molecule has 0 bridgehead atoms. The molecule has 17 heavy (non-hydrogen) atoms. The predicted molar refractivity (Wildman–Crippen MR) is 70.3 cm³/mol. The van der Waals surface area contributed by atoms with Gasteiger partial charge in [0.25, 0.3) is 0 Å². The van der Waals surface area contributed by atoms with Crippen molar-refractivity contribution >= 4 is 15.7 Å². The van der Waals surface area contributed by atoms with Gasteiger partial charge in [-0.2, -0.15) is 0 Å². The van der Waals surface area contributed by atoms with Gasteiger partial charge in [-0.3, -0.25) is 0 Å². The van der Waals surface area contributed by atoms with Gasteiger partial charge in [-0.1, -0.05) is 19.4 Å². The Kier molecular flexibility index (Phi) is 4.54. The van der Waals surface area contributed by atoms with Crippen LogP contribution in [0.15, 0.2) is 23.1 Å². The molecule has 0 spiro atoms. The van der Waals surface area contributed by atoms with Gasteiger partial charge in [0.05, 0.1) is 4.90 Å². The number of hydrogen-bond acceptors (Lipinski definition) is 3. The number of nitrogen functional groups attached to an aromatic ring is 1. The highest BCUT2D eigenvalue weighted by Gasteiger charge is 2.20. The fraction of sp³-hybridized carbons (Fsp3) is 0.500. The second-order valence-corrected chi connectivity index (χ2v) is 6.24. The van der Waals surface area contributed by atoms with Crippen molar-refractivity contribution in [3.05, 3.63) is 23.8 Å². The quantitative estimate of drug-likeness (QED) is 0.819. The number of unbranched alkanes of at least 4 members (excludes halogenated alkanes) is 1. The van der Waals surface area contributed by atoms with Gasteiger partial charge in [0.15, 0.2) is 0 Å². The average Bonchev–Trinajstić information content (AvgIpc) is 2.29. The Morgan fingerprint density at radius 2 is 2.00 bits per heavy atom. The molecule has 4 nitrogen and oxygen atoms in total. The van der Waals surface area contributed by atoms with E-state index >= 15 is 0 Å². The second-order valence-electron chi connectivity index (χ2n) is 4.20. The Labute approximate surface area is 103 Å². The molecule has 0 aromatic heterocycles. The molecule has 0 fully saturated rings. The van der Waals surface area contributed by atoms with Crippen LogP contribution in [0, 0.1) is 6.92 Å². The molecule has 2 N–H and O–H groups in total. The van der Waals surface area contributed by atoms with Gasteiger partial charge in [0, 0.05) is 19.3 Å². The van der Waals surface area contributed by atoms with E-state index in [0.717, 1.165) is 18.4 Å². The van der Waals surface area contributed by atoms with Crippen molar-refractivity contribution < 1.29 is 8.42 Å². The molecule has 1 aromatic rings. The Morgan fingerprint density at radius 1 is 1.35 bits per heavy atom. The Morgan fingerprint density at radius 3 is 2.53 bits per heavy atom. The fourth-order valence-corrected chi connectivity index (χ4v) is 2.71. The topological polar surface area (TPSA) is 63.4 Å². The van der Waals surface area contributed by atoms with Crippen LogP contribution in [-0.4, -0.2) is 26.3 Å². The zero-order valence-electron chi connectivity index (χ0n) is 10.6. The van der Waals surface area contributed by atoms with E-state index in [0.29, 0.717) is 12.2 Å². The van der Waals surface area contributed by atoms with Crippen LogP contribution < -0.4 is 5.73 Å². The van der Waals surface area contributed by atoms with Crippen LogP contribution in [0.5, 0.6) is 0 Å². The minimum atomic E-state index is -3.40. The SMILES string of the molecule is CCCCN(C)S(=O)(=O)c1ccc(C)c(N)c1. The molecule has 0 amide bonds. The first-order valence-corrected chi connectivity index (χ1v) is 7.16. The van der Waals surface area contributed by atoms with Crippen LogP contribution in [0.4, 0.5) is 5.69 Å². The van der Waals surface area contributed by atoms with E-state index in [1.807, 2.05) is 13.8 Å². The minimum absolute atomic E-state index is 0.263. The molecule has 0 radical (unpaired) electrons. The highest BCUT2D eigenvalue weighted by Crippen LogP contribution is 2.20. The van der Waals surface area contributed by atoms with Gasteiger partial charge in [-0.25, -0.2) is 12.7 Å². The number of anilines is 1. The van der Waals surface area contributed by atoms with Gasteiger partial charge in [-0.05, 0) is 31.0 Å². The van der Waals surface area contributed by atoms with Crippen LogP contribution in [0.1, 0.15) is 25.3 Å². The summed E-state index contributed by atoms with van der Waals surface area (Å²) in [6.07, 6.45) is 1.83. The molecule has 96 valence electrons. The molecule has 0 unspecified atom stereocenters. The van der Waals surface area contributed by atoms with Crippen LogP contribution >= 0.6 is 0 Å². The van der Waals surface area contributed by atoms with Crippen LogP contribution in [0.3, 0.4) is 0 Å². The molecule has 0 aliphatic heterocycles. The third-order valence-corrected chi connectivity index (χ3v) is 4.64. The van der Waals surface area contributed by atoms with Gasteiger partial charge < -0.3 is 5.73 Å². The maximum absolute atomic E-state index is 12.2. The van der Waals surface area contributed by atoms with E-state index in [4.69, 9.17) is 5.73 Å². The lowest BCUT2D eigenvalue weighted by atomic mass is 10.2. The zero-order chi connectivity index (χ0) is 13.1. The zero-order valence-corrected chi connectivity index (χ0v) is 11.4. The van der Waals surface area contributed by atoms with Crippen molar-refractivity contribution in [2.75, 3.05) is 19.3 Å². The van der Waals surface area contributed by atoms with Crippen molar-refractivity contribution in [1.82, 2.24) is 4.31 Å². The highest BCUT2D eigenvalue weighted by atomic mass is 32.2. The summed E-state index contributed by atoms with van der Waals surface area (Å²) in [6, 6.07) is 4.85. The summed E-state index contributed by atoms with van der Waals surface area (Å²) in [6.45, 7) is 4.42. The smallest absolute Gasteiger partial charge is 0.242 e. The average molecular weight is 256 g/mol. The van der Waals surface area contributed by atoms with Crippen LogP contribution in [0.25, 0.3) is 0 Å². The van der Waals surface area contributed by atoms with Crippen molar-refractivity contribution in [3.63, 3.8) is 0 Å². The van der Waals surface area contributed by atoms with E-state index in [1.54, 1.807) is 19.2 Å². The number of aryl methyl sites for hydroxylation is 1. The molecule has 0 atom stereocenters. The van der Waals surface area contributed by atoms with Gasteiger partial charge >= 0.3 is 0 Å². The molecular formula is C12H20N2O2S. The molecular weight excluding hydrogens is 236 g/mol. The van der Waals surface area contributed by atoms with E-state index in [-0.39, 0.29) is 4.90 Å². The van der Waals surface area contributed by atoms with E-state index in [9.17, 15) is 8.42 Å². The fourth-order valence-electron chi connectivity index (χ4n) is 1.46. The van der Waals surface area contributed by atoms with Crippen molar-refractivity contribution in [3.8, 4) is 0 Å². The molecule has 0 saturated carbocycles. The minimum Gasteiger partial charge on any atom is -0.398 e. The first kappa shape index (κ1) is 14.0. The van der Waals surface area contributed by atoms with E-state index in [1.165, 1.54) is 10.4 Å². The lowest BCUT2D eigenvalue weighted by Crippen LogP contribution is -2.28. The first-order valence-electron chi connectivity index (χ1n) is 5.72. The van der Waals surface area contributed by atoms with Crippen molar-refractivity contribution in [1.29, 1.82) is 0 Å². The summed E-state index contributed by atoms with van der Waals surface area (Å²) in [7, 11) is -1.80. The van der Waals surface area contributed by atoms with E-state index in [2.05, 4.69) is 0 Å². The Balaban J connectivity index is 3.00. The van der Waals surface area contributed by atoms with Crippen molar-refractivity contribution in [2.45, 2.75) is 31.6 Å². The number of benzene rings is 1. The predicted octanol–water partition coefficient (Wildman–Crippen LogP) is 2.00. The van der Waals surface area contributed by atoms with Crippen molar-refractivity contribution in [2.24, 2.45) is 0 Å². The molecule has 0 aliphatic carbocycles. The van der Waals surface area contributed by atoms with E-state index < -0.39 is 10.0 Å². The molecule has 0 heterocycles. The maximum atomic E-state index is 12.2. The lowest BCUT2D eigenvalue weighted by Gasteiger charge is -2.17. The normalized spacial score (nSPS) is 12.0. The summed E-state index contributed by atoms with van der Waals surface area (Å²) in [5.74, 6) is 0. The molecule has 0 saturated heterocycles.